The minimum atomic E-state index is -4.56. The molecule has 1 amide bonds. The predicted molar refractivity (Wildman–Crippen MR) is 116 cm³/mol. The lowest BCUT2D eigenvalue weighted by Crippen LogP contribution is -2.47. The molecule has 9 heteroatoms. The average Bonchev–Trinajstić information content (AvgIpc) is 3.14. The molecule has 4 rings (SSSR count). The molecule has 0 radical (unpaired) electrons. The van der Waals surface area contributed by atoms with Gasteiger partial charge in [0.15, 0.2) is 6.29 Å². The van der Waals surface area contributed by atoms with E-state index in [1.54, 1.807) is 4.90 Å². The number of likely N-dealkylation sites (tertiary alicyclic amines) is 1. The highest BCUT2D eigenvalue weighted by atomic mass is 19.4. The van der Waals surface area contributed by atoms with Gasteiger partial charge in [-0.15, -0.1) is 0 Å². The molecular formula is C24H26F3N3O3. The van der Waals surface area contributed by atoms with Gasteiger partial charge >= 0.3 is 12.3 Å². The zero-order chi connectivity index (χ0) is 24.0. The van der Waals surface area contributed by atoms with Crippen LogP contribution in [0.15, 0.2) is 36.5 Å². The molecule has 33 heavy (non-hydrogen) atoms. The first-order chi connectivity index (χ1) is 15.5. The molecule has 0 bridgehead atoms. The van der Waals surface area contributed by atoms with E-state index in [0.29, 0.717) is 37.9 Å². The summed E-state index contributed by atoms with van der Waals surface area (Å²) in [7, 11) is 0. The van der Waals surface area contributed by atoms with E-state index in [4.69, 9.17) is 4.74 Å². The Kier molecular flexibility index (Phi) is 5.62. The van der Waals surface area contributed by atoms with Gasteiger partial charge in [0.1, 0.15) is 5.60 Å². The summed E-state index contributed by atoms with van der Waals surface area (Å²) in [5.74, 6) is 0. The van der Waals surface area contributed by atoms with Crippen molar-refractivity contribution in [2.24, 2.45) is 5.41 Å². The molecule has 1 aliphatic carbocycles. The number of alkyl halides is 3. The summed E-state index contributed by atoms with van der Waals surface area (Å²) < 4.78 is 47.7. The molecule has 0 N–H and O–H groups in total. The maximum atomic E-state index is 13.7. The van der Waals surface area contributed by atoms with Crippen LogP contribution in [-0.2, 0) is 10.9 Å². The standard InChI is InChI=1S/C24H26F3N3O3/c1-22(2,3)33-21(32)29-12-10-23(11-13-29)9-8-18(23)20-16(15-31)14-28-30(20)19-7-5-4-6-17(19)24(25,26)27/h4-8,14-15H,9-13H2,1-3H3. The minimum absolute atomic E-state index is 0.123. The Hall–Kier alpha value is -3.10. The molecule has 6 nitrogen and oxygen atoms in total. The summed E-state index contributed by atoms with van der Waals surface area (Å²) in [5, 5.41) is 4.16. The van der Waals surface area contributed by atoms with Crippen LogP contribution in [-0.4, -0.2) is 45.8 Å². The molecular weight excluding hydrogens is 435 g/mol. The van der Waals surface area contributed by atoms with Crippen LogP contribution in [0.25, 0.3) is 11.3 Å². The number of carbonyl (C=O) groups excluding carboxylic acids is 2. The van der Waals surface area contributed by atoms with Gasteiger partial charge in [-0.2, -0.15) is 18.3 Å². The molecule has 1 aromatic heterocycles. The molecule has 0 saturated carbocycles. The van der Waals surface area contributed by atoms with E-state index in [2.05, 4.69) is 5.10 Å². The summed E-state index contributed by atoms with van der Waals surface area (Å²) in [6.45, 7) is 6.37. The van der Waals surface area contributed by atoms with E-state index in [1.165, 1.54) is 29.1 Å². The number of hydrogen-bond donors (Lipinski definition) is 0. The number of ether oxygens (including phenoxy) is 1. The first-order valence-corrected chi connectivity index (χ1v) is 10.8. The van der Waals surface area contributed by atoms with Crippen LogP contribution in [0.3, 0.4) is 0 Å². The molecule has 1 fully saturated rings. The van der Waals surface area contributed by atoms with Crippen LogP contribution in [0.5, 0.6) is 0 Å². The number of nitrogens with zero attached hydrogens (tertiary/aromatic N) is 3. The summed E-state index contributed by atoms with van der Waals surface area (Å²) in [6.07, 6.45) is 0.918. The number of aldehydes is 1. The van der Waals surface area contributed by atoms with Crippen molar-refractivity contribution < 1.29 is 27.5 Å². The second-order valence-electron chi connectivity index (χ2n) is 9.56. The molecule has 176 valence electrons. The van der Waals surface area contributed by atoms with Gasteiger partial charge < -0.3 is 9.64 Å². The number of hydrogen-bond acceptors (Lipinski definition) is 4. The van der Waals surface area contributed by atoms with Crippen LogP contribution in [0.4, 0.5) is 18.0 Å². The number of halogens is 3. The van der Waals surface area contributed by atoms with Crippen LogP contribution in [0, 0.1) is 5.41 Å². The highest BCUT2D eigenvalue weighted by Crippen LogP contribution is 2.54. The largest absolute Gasteiger partial charge is 0.444 e. The lowest BCUT2D eigenvalue weighted by molar-refractivity contribution is -0.137. The molecule has 2 aliphatic rings. The third-order valence-electron chi connectivity index (χ3n) is 6.26. The SMILES string of the molecule is CC(C)(C)OC(=O)N1CCC2(CC=C2c2c(C=O)cnn2-c2ccccc2C(F)(F)F)CC1. The maximum absolute atomic E-state index is 13.7. The molecule has 2 aromatic rings. The van der Waals surface area contributed by atoms with Crippen LogP contribution in [0.2, 0.25) is 0 Å². The fraction of sp³-hybridized carbons (Fsp3) is 0.458. The first-order valence-electron chi connectivity index (χ1n) is 10.8. The van der Waals surface area contributed by atoms with Gasteiger partial charge in [-0.1, -0.05) is 18.2 Å². The predicted octanol–water partition coefficient (Wildman–Crippen LogP) is 5.51. The highest BCUT2D eigenvalue weighted by molar-refractivity contribution is 5.88. The average molecular weight is 461 g/mol. The van der Waals surface area contributed by atoms with Gasteiger partial charge in [-0.25, -0.2) is 9.48 Å². The van der Waals surface area contributed by atoms with Gasteiger partial charge in [-0.05, 0) is 57.7 Å². The van der Waals surface area contributed by atoms with Crippen LogP contribution < -0.4 is 0 Å². The Balaban J connectivity index is 1.64. The Morgan fingerprint density at radius 3 is 2.36 bits per heavy atom. The Morgan fingerprint density at radius 2 is 1.82 bits per heavy atom. The molecule has 1 spiro atoms. The molecule has 0 atom stereocenters. The van der Waals surface area contributed by atoms with Gasteiger partial charge in [0.05, 0.1) is 28.7 Å². The van der Waals surface area contributed by atoms with Crippen molar-refractivity contribution in [2.75, 3.05) is 13.1 Å². The lowest BCUT2D eigenvalue weighted by atomic mass is 9.61. The van der Waals surface area contributed by atoms with Crippen molar-refractivity contribution in [3.8, 4) is 5.69 Å². The third kappa shape index (κ3) is 4.28. The highest BCUT2D eigenvalue weighted by Gasteiger charge is 2.46. The van der Waals surface area contributed by atoms with Gasteiger partial charge in [0, 0.05) is 18.5 Å². The van der Waals surface area contributed by atoms with E-state index >= 15 is 0 Å². The van der Waals surface area contributed by atoms with E-state index in [-0.39, 0.29) is 22.8 Å². The number of aromatic nitrogens is 2. The molecule has 2 heterocycles. The normalized spacial score (nSPS) is 18.0. The molecule has 1 saturated heterocycles. The lowest BCUT2D eigenvalue weighted by Gasteiger charge is -2.48. The summed E-state index contributed by atoms with van der Waals surface area (Å²) in [6, 6.07) is 5.20. The minimum Gasteiger partial charge on any atom is -0.444 e. The second-order valence-corrected chi connectivity index (χ2v) is 9.56. The van der Waals surface area contributed by atoms with Crippen molar-refractivity contribution in [3.63, 3.8) is 0 Å². The maximum Gasteiger partial charge on any atom is 0.418 e. The number of carbonyl (C=O) groups is 2. The van der Waals surface area contributed by atoms with E-state index < -0.39 is 17.3 Å². The van der Waals surface area contributed by atoms with Crippen molar-refractivity contribution >= 4 is 18.0 Å². The number of amides is 1. The van der Waals surface area contributed by atoms with Gasteiger partial charge in [0.2, 0.25) is 0 Å². The van der Waals surface area contributed by atoms with Crippen LogP contribution in [0.1, 0.15) is 61.6 Å². The fourth-order valence-corrected chi connectivity index (χ4v) is 4.56. The number of rotatable bonds is 3. The summed E-state index contributed by atoms with van der Waals surface area (Å²) in [4.78, 5) is 25.9. The number of para-hydroxylation sites is 1. The number of allylic oxidation sites excluding steroid dienone is 2. The van der Waals surface area contributed by atoms with Crippen molar-refractivity contribution in [1.29, 1.82) is 0 Å². The van der Waals surface area contributed by atoms with Crippen molar-refractivity contribution in [3.05, 3.63) is 53.4 Å². The van der Waals surface area contributed by atoms with E-state index in [0.717, 1.165) is 18.1 Å². The number of piperidine rings is 1. The quantitative estimate of drug-likeness (QED) is 0.566. The Labute approximate surface area is 190 Å². The van der Waals surface area contributed by atoms with E-state index in [1.807, 2.05) is 26.8 Å². The second kappa shape index (κ2) is 8.04. The van der Waals surface area contributed by atoms with Crippen molar-refractivity contribution in [2.45, 2.75) is 51.8 Å². The molecule has 1 aliphatic heterocycles. The monoisotopic (exact) mass is 461 g/mol. The van der Waals surface area contributed by atoms with Crippen molar-refractivity contribution in [1.82, 2.24) is 14.7 Å². The zero-order valence-electron chi connectivity index (χ0n) is 18.8. The number of benzene rings is 1. The molecule has 1 aromatic carbocycles. The van der Waals surface area contributed by atoms with Gasteiger partial charge in [-0.3, -0.25) is 4.79 Å². The summed E-state index contributed by atoms with van der Waals surface area (Å²) in [5.41, 5.74) is -0.414. The molecule has 0 unspecified atom stereocenters. The summed E-state index contributed by atoms with van der Waals surface area (Å²) >= 11 is 0. The van der Waals surface area contributed by atoms with Gasteiger partial charge in [0.25, 0.3) is 0 Å². The Morgan fingerprint density at radius 1 is 1.15 bits per heavy atom. The fourth-order valence-electron chi connectivity index (χ4n) is 4.56. The van der Waals surface area contributed by atoms with E-state index in [9.17, 15) is 22.8 Å². The third-order valence-corrected chi connectivity index (χ3v) is 6.26. The van der Waals surface area contributed by atoms with Crippen LogP contribution >= 0.6 is 0 Å². The zero-order valence-corrected chi connectivity index (χ0v) is 18.8. The topological polar surface area (TPSA) is 64.4 Å². The Bertz CT molecular complexity index is 1100. The smallest absolute Gasteiger partial charge is 0.418 e. The first kappa shape index (κ1) is 23.1.